The highest BCUT2D eigenvalue weighted by Crippen LogP contribution is 2.25. The summed E-state index contributed by atoms with van der Waals surface area (Å²) in [5.41, 5.74) is 0. The molecule has 0 radical (unpaired) electrons. The second-order valence-corrected chi connectivity index (χ2v) is 4.46. The third-order valence-corrected chi connectivity index (χ3v) is 3.00. The quantitative estimate of drug-likeness (QED) is 0.795. The largest absolute Gasteiger partial charge is 0.444 e. The highest BCUT2D eigenvalue weighted by molar-refractivity contribution is 6.34. The fourth-order valence-corrected chi connectivity index (χ4v) is 2.05. The lowest BCUT2D eigenvalue weighted by atomic mass is 10.2. The summed E-state index contributed by atoms with van der Waals surface area (Å²) in [6, 6.07) is 7.70. The van der Waals surface area contributed by atoms with Crippen molar-refractivity contribution in [3.63, 3.8) is 0 Å². The van der Waals surface area contributed by atoms with Gasteiger partial charge in [-0.2, -0.15) is 0 Å². The van der Waals surface area contributed by atoms with Gasteiger partial charge in [0.25, 0.3) is 0 Å². The van der Waals surface area contributed by atoms with Crippen molar-refractivity contribution >= 4 is 28.2 Å². The van der Waals surface area contributed by atoms with Crippen LogP contribution in [-0.4, -0.2) is 15.2 Å². The van der Waals surface area contributed by atoms with Crippen LogP contribution in [0.4, 0.5) is 5.82 Å². The Hall–Kier alpha value is -2.14. The van der Waals surface area contributed by atoms with E-state index in [1.54, 1.807) is 6.20 Å². The van der Waals surface area contributed by atoms with Crippen LogP contribution in [0.15, 0.2) is 34.9 Å². The van der Waals surface area contributed by atoms with Crippen molar-refractivity contribution in [1.29, 1.82) is 0 Å². The molecule has 96 valence electrons. The molecule has 0 unspecified atom stereocenters. The summed E-state index contributed by atoms with van der Waals surface area (Å²) in [6.45, 7) is 2.31. The van der Waals surface area contributed by atoms with E-state index in [1.807, 2.05) is 31.2 Å². The predicted octanol–water partition coefficient (Wildman–Crippen LogP) is 3.19. The molecule has 0 fully saturated rings. The Morgan fingerprint density at radius 1 is 1.21 bits per heavy atom. The number of nitrogens with one attached hydrogen (secondary N) is 1. The van der Waals surface area contributed by atoms with Crippen molar-refractivity contribution in [2.24, 2.45) is 0 Å². The summed E-state index contributed by atoms with van der Waals surface area (Å²) < 4.78 is 5.39. The first-order valence-corrected chi connectivity index (χ1v) is 6.18. The maximum absolute atomic E-state index is 6.02. The smallest absolute Gasteiger partial charge is 0.213 e. The van der Waals surface area contributed by atoms with E-state index in [4.69, 9.17) is 16.0 Å². The van der Waals surface area contributed by atoms with Crippen LogP contribution in [0.2, 0.25) is 5.15 Å². The number of hydrogen-bond donors (Lipinski definition) is 1. The third kappa shape index (κ3) is 2.37. The van der Waals surface area contributed by atoms with Gasteiger partial charge in [0.15, 0.2) is 11.0 Å². The molecule has 1 aromatic carbocycles. The van der Waals surface area contributed by atoms with Crippen molar-refractivity contribution in [2.75, 3.05) is 5.32 Å². The normalized spacial score (nSPS) is 10.8. The summed E-state index contributed by atoms with van der Waals surface area (Å²) in [6.07, 6.45) is 1.68. The van der Waals surface area contributed by atoms with Crippen LogP contribution in [0.1, 0.15) is 11.7 Å². The molecule has 2 aromatic heterocycles. The first-order chi connectivity index (χ1) is 9.24. The minimum atomic E-state index is 0.396. The maximum Gasteiger partial charge on any atom is 0.213 e. The van der Waals surface area contributed by atoms with Crippen LogP contribution in [0.3, 0.4) is 0 Å². The van der Waals surface area contributed by atoms with E-state index < -0.39 is 0 Å². The molecule has 0 bridgehead atoms. The molecule has 19 heavy (non-hydrogen) atoms. The third-order valence-electron chi connectivity index (χ3n) is 2.72. The Labute approximate surface area is 114 Å². The summed E-state index contributed by atoms with van der Waals surface area (Å²) in [7, 11) is 0. The number of aryl methyl sites for hydroxylation is 1. The van der Waals surface area contributed by atoms with Gasteiger partial charge in [0.1, 0.15) is 5.76 Å². The number of aromatic nitrogens is 3. The second-order valence-electron chi connectivity index (χ2n) is 4.10. The highest BCUT2D eigenvalue weighted by Gasteiger charge is 2.08. The zero-order chi connectivity index (χ0) is 13.2. The van der Waals surface area contributed by atoms with Gasteiger partial charge in [-0.25, -0.2) is 4.98 Å². The molecule has 0 atom stereocenters. The first kappa shape index (κ1) is 11.9. The number of benzene rings is 1. The second kappa shape index (κ2) is 4.85. The van der Waals surface area contributed by atoms with Crippen molar-refractivity contribution in [3.8, 4) is 0 Å². The number of hydrogen-bond acceptors (Lipinski definition) is 5. The standard InChI is InChI=1S/C13H11ClN4O/c1-8-6-15-11(19-8)7-16-13-10-5-3-2-4-9(10)12(14)17-18-13/h2-6H,7H2,1H3,(H,16,18). The summed E-state index contributed by atoms with van der Waals surface area (Å²) in [5, 5.41) is 13.3. The minimum Gasteiger partial charge on any atom is -0.444 e. The molecule has 0 saturated carbocycles. The van der Waals surface area contributed by atoms with Crippen LogP contribution >= 0.6 is 11.6 Å². The number of fused-ring (bicyclic) bond motifs is 1. The van der Waals surface area contributed by atoms with Crippen LogP contribution in [0, 0.1) is 6.92 Å². The van der Waals surface area contributed by atoms with Gasteiger partial charge in [0.05, 0.1) is 12.7 Å². The fourth-order valence-electron chi connectivity index (χ4n) is 1.84. The van der Waals surface area contributed by atoms with Crippen molar-refractivity contribution < 1.29 is 4.42 Å². The van der Waals surface area contributed by atoms with E-state index in [0.29, 0.717) is 23.4 Å². The molecule has 0 aliphatic rings. The Kier molecular flexibility index (Phi) is 3.05. The molecule has 3 aromatic rings. The predicted molar refractivity (Wildman–Crippen MR) is 73.1 cm³/mol. The average molecular weight is 275 g/mol. The van der Waals surface area contributed by atoms with E-state index >= 15 is 0 Å². The fraction of sp³-hybridized carbons (Fsp3) is 0.154. The van der Waals surface area contributed by atoms with Crippen molar-refractivity contribution in [2.45, 2.75) is 13.5 Å². The number of halogens is 1. The molecule has 6 heteroatoms. The lowest BCUT2D eigenvalue weighted by Crippen LogP contribution is -2.03. The molecule has 2 heterocycles. The molecule has 0 spiro atoms. The maximum atomic E-state index is 6.02. The summed E-state index contributed by atoms with van der Waals surface area (Å²) >= 11 is 6.02. The molecule has 3 rings (SSSR count). The SMILES string of the molecule is Cc1cnc(CNc2nnc(Cl)c3ccccc23)o1. The van der Waals surface area contributed by atoms with E-state index in [0.717, 1.165) is 16.5 Å². The van der Waals surface area contributed by atoms with Crippen LogP contribution in [0.25, 0.3) is 10.8 Å². The lowest BCUT2D eigenvalue weighted by molar-refractivity contribution is 0.479. The van der Waals surface area contributed by atoms with Crippen LogP contribution in [-0.2, 0) is 6.54 Å². The van der Waals surface area contributed by atoms with Gasteiger partial charge < -0.3 is 9.73 Å². The Balaban J connectivity index is 1.91. The van der Waals surface area contributed by atoms with Crippen molar-refractivity contribution in [1.82, 2.24) is 15.2 Å². The van der Waals surface area contributed by atoms with Gasteiger partial charge in [-0.1, -0.05) is 35.9 Å². The van der Waals surface area contributed by atoms with Crippen LogP contribution < -0.4 is 5.32 Å². The number of anilines is 1. The Bertz CT molecular complexity index is 725. The average Bonchev–Trinajstić information content (AvgIpc) is 2.84. The van der Waals surface area contributed by atoms with Crippen molar-refractivity contribution in [3.05, 3.63) is 47.3 Å². The minimum absolute atomic E-state index is 0.396. The van der Waals surface area contributed by atoms with Gasteiger partial charge in [-0.15, -0.1) is 10.2 Å². The van der Waals surface area contributed by atoms with Gasteiger partial charge in [0.2, 0.25) is 5.89 Å². The molecule has 0 saturated heterocycles. The van der Waals surface area contributed by atoms with Gasteiger partial charge in [-0.05, 0) is 6.92 Å². The van der Waals surface area contributed by atoms with Gasteiger partial charge in [-0.3, -0.25) is 0 Å². The topological polar surface area (TPSA) is 63.8 Å². The summed E-state index contributed by atoms with van der Waals surface area (Å²) in [4.78, 5) is 4.13. The Morgan fingerprint density at radius 2 is 2.00 bits per heavy atom. The Morgan fingerprint density at radius 3 is 2.74 bits per heavy atom. The zero-order valence-electron chi connectivity index (χ0n) is 10.2. The number of nitrogens with zero attached hydrogens (tertiary/aromatic N) is 3. The molecular formula is C13H11ClN4O. The zero-order valence-corrected chi connectivity index (χ0v) is 11.0. The van der Waals surface area contributed by atoms with Crippen LogP contribution in [0.5, 0.6) is 0 Å². The highest BCUT2D eigenvalue weighted by atomic mass is 35.5. The van der Waals surface area contributed by atoms with E-state index in [-0.39, 0.29) is 0 Å². The lowest BCUT2D eigenvalue weighted by Gasteiger charge is -2.06. The monoisotopic (exact) mass is 274 g/mol. The first-order valence-electron chi connectivity index (χ1n) is 5.80. The van der Waals surface area contributed by atoms with Gasteiger partial charge >= 0.3 is 0 Å². The number of oxazole rings is 1. The van der Waals surface area contributed by atoms with E-state index in [2.05, 4.69) is 20.5 Å². The van der Waals surface area contributed by atoms with Gasteiger partial charge in [0, 0.05) is 10.8 Å². The summed E-state index contributed by atoms with van der Waals surface area (Å²) in [5.74, 6) is 2.05. The molecule has 5 nitrogen and oxygen atoms in total. The molecule has 0 amide bonds. The molecular weight excluding hydrogens is 264 g/mol. The van der Waals surface area contributed by atoms with E-state index in [9.17, 15) is 0 Å². The molecule has 0 aliphatic carbocycles. The van der Waals surface area contributed by atoms with E-state index in [1.165, 1.54) is 0 Å². The molecule has 0 aliphatic heterocycles. The number of rotatable bonds is 3. The molecule has 1 N–H and O–H groups in total.